The maximum Gasteiger partial charge on any atom is 0.179 e. The van der Waals surface area contributed by atoms with Gasteiger partial charge in [0.05, 0.1) is 0 Å². The van der Waals surface area contributed by atoms with Crippen molar-refractivity contribution in [3.05, 3.63) is 0 Å². The Hall–Kier alpha value is -0.710. The fourth-order valence-electron chi connectivity index (χ4n) is 4.15. The topological polar surface area (TPSA) is 27.0 Å². The zero-order valence-electron chi connectivity index (χ0n) is 20.4. The number of nitrogens with zero attached hydrogens (tertiary/aromatic N) is 2. The van der Waals surface area contributed by atoms with Crippen LogP contribution in [-0.4, -0.2) is 18.0 Å². The molecule has 0 aliphatic rings. The second-order valence-corrected chi connectivity index (χ2v) is 9.16. The lowest BCUT2D eigenvalue weighted by atomic mass is 10.1. The molecule has 0 rings (SSSR count). The van der Waals surface area contributed by atoms with E-state index in [9.17, 15) is 5.26 Å². The van der Waals surface area contributed by atoms with Crippen LogP contribution in [0.3, 0.4) is 0 Å². The Morgan fingerprint density at radius 2 is 0.655 bits per heavy atom. The first-order chi connectivity index (χ1) is 14.3. The highest BCUT2D eigenvalue weighted by Gasteiger charge is 2.02. The number of unbranched alkanes of at least 4 members (excludes halogenated alkanes) is 20. The standard InChI is InChI=1S/C27H54N2/c1-3-5-7-9-11-13-15-17-19-21-23-25-29(27-28)26-24-22-20-18-16-14-12-10-8-6-4-2/h3-26H2,1-2H3. The van der Waals surface area contributed by atoms with Crippen LogP contribution in [0.2, 0.25) is 0 Å². The van der Waals surface area contributed by atoms with Gasteiger partial charge in [-0.15, -0.1) is 0 Å². The zero-order chi connectivity index (χ0) is 21.3. The maximum absolute atomic E-state index is 9.32. The van der Waals surface area contributed by atoms with Gasteiger partial charge in [-0.25, -0.2) is 0 Å². The van der Waals surface area contributed by atoms with E-state index in [0.29, 0.717) is 0 Å². The summed E-state index contributed by atoms with van der Waals surface area (Å²) >= 11 is 0. The zero-order valence-corrected chi connectivity index (χ0v) is 20.4. The minimum Gasteiger partial charge on any atom is -0.311 e. The molecule has 2 heteroatoms. The quantitative estimate of drug-likeness (QED) is 0.0906. The highest BCUT2D eigenvalue weighted by molar-refractivity contribution is 4.73. The van der Waals surface area contributed by atoms with E-state index < -0.39 is 0 Å². The fourth-order valence-corrected chi connectivity index (χ4v) is 4.15. The van der Waals surface area contributed by atoms with Crippen LogP contribution in [0.5, 0.6) is 0 Å². The van der Waals surface area contributed by atoms with Gasteiger partial charge in [0.1, 0.15) is 0 Å². The predicted octanol–water partition coefficient (Wildman–Crippen LogP) is 9.39. The van der Waals surface area contributed by atoms with Crippen molar-refractivity contribution >= 4 is 0 Å². The Morgan fingerprint density at radius 1 is 0.414 bits per heavy atom. The van der Waals surface area contributed by atoms with E-state index in [2.05, 4.69) is 20.0 Å². The van der Waals surface area contributed by atoms with Crippen molar-refractivity contribution in [3.8, 4) is 6.19 Å². The third kappa shape index (κ3) is 23.4. The monoisotopic (exact) mass is 406 g/mol. The predicted molar refractivity (Wildman–Crippen MR) is 130 cm³/mol. The first-order valence-electron chi connectivity index (χ1n) is 13.5. The van der Waals surface area contributed by atoms with Gasteiger partial charge in [0.2, 0.25) is 0 Å². The average molecular weight is 407 g/mol. The van der Waals surface area contributed by atoms with E-state index >= 15 is 0 Å². The highest BCUT2D eigenvalue weighted by Crippen LogP contribution is 2.13. The molecule has 0 atom stereocenters. The fraction of sp³-hybridized carbons (Fsp3) is 0.963. The highest BCUT2D eigenvalue weighted by atomic mass is 15.1. The third-order valence-corrected chi connectivity index (χ3v) is 6.20. The molecule has 0 aromatic rings. The van der Waals surface area contributed by atoms with Crippen LogP contribution in [0, 0.1) is 11.5 Å². The summed E-state index contributed by atoms with van der Waals surface area (Å²) in [6, 6.07) is 0. The lowest BCUT2D eigenvalue weighted by molar-refractivity contribution is 0.362. The summed E-state index contributed by atoms with van der Waals surface area (Å²) in [5, 5.41) is 9.32. The minimum atomic E-state index is 0.977. The van der Waals surface area contributed by atoms with Crippen LogP contribution in [0.4, 0.5) is 0 Å². The lowest BCUT2D eigenvalue weighted by Gasteiger charge is -2.15. The van der Waals surface area contributed by atoms with Crippen molar-refractivity contribution in [2.75, 3.05) is 13.1 Å². The van der Waals surface area contributed by atoms with Gasteiger partial charge in [-0.1, -0.05) is 142 Å². The molecule has 172 valence electrons. The molecule has 0 fully saturated rings. The van der Waals surface area contributed by atoms with Crippen LogP contribution in [0.1, 0.15) is 155 Å². The molecule has 0 saturated heterocycles. The summed E-state index contributed by atoms with van der Waals surface area (Å²) < 4.78 is 0. The van der Waals surface area contributed by atoms with Crippen molar-refractivity contribution in [1.29, 1.82) is 5.26 Å². The molecule has 0 aromatic carbocycles. The Balaban J connectivity index is 3.28. The van der Waals surface area contributed by atoms with Gasteiger partial charge < -0.3 is 4.90 Å². The lowest BCUT2D eigenvalue weighted by Crippen LogP contribution is -2.20. The summed E-state index contributed by atoms with van der Waals surface area (Å²) in [7, 11) is 0. The molecule has 0 aliphatic carbocycles. The van der Waals surface area contributed by atoms with Crippen molar-refractivity contribution < 1.29 is 0 Å². The molecule has 0 amide bonds. The molecule has 0 bridgehead atoms. The summed E-state index contributed by atoms with van der Waals surface area (Å²) in [5.41, 5.74) is 0. The molecular formula is C27H54N2. The normalized spacial score (nSPS) is 10.9. The van der Waals surface area contributed by atoms with E-state index in [0.717, 1.165) is 13.1 Å². The van der Waals surface area contributed by atoms with E-state index in [1.54, 1.807) is 0 Å². The van der Waals surface area contributed by atoms with Gasteiger partial charge in [0.25, 0.3) is 0 Å². The summed E-state index contributed by atoms with van der Waals surface area (Å²) in [6.45, 7) is 6.52. The number of rotatable bonds is 24. The first-order valence-corrected chi connectivity index (χ1v) is 13.5. The van der Waals surface area contributed by atoms with Crippen molar-refractivity contribution in [2.45, 2.75) is 155 Å². The number of hydrogen-bond donors (Lipinski definition) is 0. The largest absolute Gasteiger partial charge is 0.311 e. The van der Waals surface area contributed by atoms with Crippen LogP contribution in [0.15, 0.2) is 0 Å². The van der Waals surface area contributed by atoms with Crippen LogP contribution < -0.4 is 0 Å². The Kier molecular flexibility index (Phi) is 24.7. The summed E-state index contributed by atoms with van der Waals surface area (Å²) in [4.78, 5) is 2.00. The van der Waals surface area contributed by atoms with Crippen LogP contribution in [0.25, 0.3) is 0 Å². The smallest absolute Gasteiger partial charge is 0.179 e. The Bertz CT molecular complexity index is 308. The van der Waals surface area contributed by atoms with Crippen molar-refractivity contribution in [2.24, 2.45) is 0 Å². The Morgan fingerprint density at radius 3 is 0.897 bits per heavy atom. The SMILES string of the molecule is CCCCCCCCCCCCCN(C#N)CCCCCCCCCCCCC. The van der Waals surface area contributed by atoms with Crippen molar-refractivity contribution in [1.82, 2.24) is 4.90 Å². The average Bonchev–Trinajstić information content (AvgIpc) is 2.74. The van der Waals surface area contributed by atoms with E-state index in [1.807, 2.05) is 4.90 Å². The van der Waals surface area contributed by atoms with Gasteiger partial charge in [-0.05, 0) is 12.8 Å². The summed E-state index contributed by atoms with van der Waals surface area (Å²) in [6.07, 6.45) is 32.7. The third-order valence-electron chi connectivity index (χ3n) is 6.20. The molecule has 0 aromatic heterocycles. The molecule has 0 unspecified atom stereocenters. The molecule has 0 heterocycles. The van der Waals surface area contributed by atoms with Gasteiger partial charge in [-0.2, -0.15) is 5.26 Å². The van der Waals surface area contributed by atoms with Gasteiger partial charge in [-0.3, -0.25) is 0 Å². The van der Waals surface area contributed by atoms with E-state index in [1.165, 1.54) is 141 Å². The number of nitriles is 1. The van der Waals surface area contributed by atoms with Gasteiger partial charge >= 0.3 is 0 Å². The van der Waals surface area contributed by atoms with Crippen LogP contribution >= 0.6 is 0 Å². The molecule has 0 radical (unpaired) electrons. The maximum atomic E-state index is 9.32. The molecule has 29 heavy (non-hydrogen) atoms. The minimum absolute atomic E-state index is 0.977. The second-order valence-electron chi connectivity index (χ2n) is 9.16. The molecular weight excluding hydrogens is 352 g/mol. The van der Waals surface area contributed by atoms with Gasteiger partial charge in [0, 0.05) is 13.1 Å². The molecule has 0 N–H and O–H groups in total. The Labute approximate surface area is 184 Å². The van der Waals surface area contributed by atoms with Crippen LogP contribution in [-0.2, 0) is 0 Å². The second kappa shape index (κ2) is 25.3. The van der Waals surface area contributed by atoms with Crippen molar-refractivity contribution in [3.63, 3.8) is 0 Å². The molecule has 2 nitrogen and oxygen atoms in total. The molecule has 0 spiro atoms. The summed E-state index contributed by atoms with van der Waals surface area (Å²) in [5.74, 6) is 0. The van der Waals surface area contributed by atoms with E-state index in [-0.39, 0.29) is 0 Å². The molecule has 0 aliphatic heterocycles. The van der Waals surface area contributed by atoms with E-state index in [4.69, 9.17) is 0 Å². The number of hydrogen-bond acceptors (Lipinski definition) is 2. The first kappa shape index (κ1) is 28.3. The van der Waals surface area contributed by atoms with Gasteiger partial charge in [0.15, 0.2) is 6.19 Å². The molecule has 0 saturated carbocycles.